The second-order valence-corrected chi connectivity index (χ2v) is 4.39. The summed E-state index contributed by atoms with van der Waals surface area (Å²) >= 11 is 7.44. The summed E-state index contributed by atoms with van der Waals surface area (Å²) in [5.41, 5.74) is 0. The summed E-state index contributed by atoms with van der Waals surface area (Å²) in [7, 11) is 0. The van der Waals surface area contributed by atoms with Gasteiger partial charge < -0.3 is 0 Å². The van der Waals surface area contributed by atoms with E-state index in [1.807, 2.05) is 11.8 Å². The van der Waals surface area contributed by atoms with Crippen LogP contribution in [0.4, 0.5) is 0 Å². The van der Waals surface area contributed by atoms with Crippen molar-refractivity contribution in [3.05, 3.63) is 11.6 Å². The summed E-state index contributed by atoms with van der Waals surface area (Å²) in [6.45, 7) is 8.08. The molecule has 0 aliphatic heterocycles. The van der Waals surface area contributed by atoms with Crippen molar-refractivity contribution in [1.82, 2.24) is 0 Å². The Morgan fingerprint density at radius 1 is 1.60 bits per heavy atom. The molecule has 0 fully saturated rings. The molecule has 0 saturated heterocycles. The Morgan fingerprint density at radius 2 is 2.20 bits per heavy atom. The number of halogens is 1. The fourth-order valence-corrected chi connectivity index (χ4v) is 1.74. The fraction of sp³-hybridized carbons (Fsp3) is 0.750. The number of thioether (sulfide) groups is 1. The standard InChI is InChI=1S/C8H15ClS/c1-7(2)4-5-10-6-8(3)9/h7H,3-6H2,1-2H3. The van der Waals surface area contributed by atoms with Crippen molar-refractivity contribution in [2.24, 2.45) is 5.92 Å². The van der Waals surface area contributed by atoms with Gasteiger partial charge in [0.05, 0.1) is 0 Å². The van der Waals surface area contributed by atoms with Crippen molar-refractivity contribution < 1.29 is 0 Å². The molecule has 0 rings (SSSR count). The first kappa shape index (κ1) is 10.4. The van der Waals surface area contributed by atoms with Gasteiger partial charge in [-0.25, -0.2) is 0 Å². The molecule has 2 heteroatoms. The Kier molecular flexibility index (Phi) is 6.35. The SMILES string of the molecule is C=C(Cl)CSCCC(C)C. The van der Waals surface area contributed by atoms with E-state index in [0.717, 1.165) is 16.7 Å². The highest BCUT2D eigenvalue weighted by Crippen LogP contribution is 2.12. The van der Waals surface area contributed by atoms with Gasteiger partial charge in [0.25, 0.3) is 0 Å². The zero-order valence-corrected chi connectivity index (χ0v) is 8.26. The van der Waals surface area contributed by atoms with Gasteiger partial charge in [0.15, 0.2) is 0 Å². The van der Waals surface area contributed by atoms with Crippen LogP contribution in [0, 0.1) is 5.92 Å². The van der Waals surface area contributed by atoms with Gasteiger partial charge in [-0.3, -0.25) is 0 Å². The van der Waals surface area contributed by atoms with E-state index in [1.54, 1.807) is 0 Å². The number of hydrogen-bond donors (Lipinski definition) is 0. The van der Waals surface area contributed by atoms with Crippen LogP contribution in [0.1, 0.15) is 20.3 Å². The first-order chi connectivity index (χ1) is 4.63. The van der Waals surface area contributed by atoms with E-state index in [4.69, 9.17) is 11.6 Å². The van der Waals surface area contributed by atoms with Gasteiger partial charge in [-0.15, -0.1) is 0 Å². The summed E-state index contributed by atoms with van der Waals surface area (Å²) in [4.78, 5) is 0. The Bertz CT molecular complexity index is 99.4. The van der Waals surface area contributed by atoms with E-state index in [0.29, 0.717) is 0 Å². The molecule has 0 atom stereocenters. The van der Waals surface area contributed by atoms with Gasteiger partial charge in [-0.05, 0) is 18.1 Å². The molecular weight excluding hydrogens is 164 g/mol. The van der Waals surface area contributed by atoms with Crippen molar-refractivity contribution in [2.75, 3.05) is 11.5 Å². The zero-order valence-electron chi connectivity index (χ0n) is 6.69. The van der Waals surface area contributed by atoms with E-state index in [9.17, 15) is 0 Å². The lowest BCUT2D eigenvalue weighted by Gasteiger charge is -2.02. The van der Waals surface area contributed by atoms with Crippen LogP contribution in [0.5, 0.6) is 0 Å². The summed E-state index contributed by atoms with van der Waals surface area (Å²) in [5, 5.41) is 0.758. The summed E-state index contributed by atoms with van der Waals surface area (Å²) in [6, 6.07) is 0. The van der Waals surface area contributed by atoms with Crippen LogP contribution in [-0.4, -0.2) is 11.5 Å². The fourth-order valence-electron chi connectivity index (χ4n) is 0.502. The molecule has 0 aromatic heterocycles. The van der Waals surface area contributed by atoms with E-state index in [-0.39, 0.29) is 0 Å². The van der Waals surface area contributed by atoms with Crippen molar-refractivity contribution in [1.29, 1.82) is 0 Å². The van der Waals surface area contributed by atoms with Gasteiger partial charge in [0.2, 0.25) is 0 Å². The largest absolute Gasteiger partial charge is 0.156 e. The smallest absolute Gasteiger partial charge is 0.0286 e. The predicted molar refractivity (Wildman–Crippen MR) is 51.8 cm³/mol. The second kappa shape index (κ2) is 6.11. The molecule has 10 heavy (non-hydrogen) atoms. The predicted octanol–water partition coefficient (Wildman–Crippen LogP) is 3.52. The minimum Gasteiger partial charge on any atom is -0.156 e. The highest BCUT2D eigenvalue weighted by Gasteiger charge is 1.94. The molecule has 0 nitrogen and oxygen atoms in total. The lowest BCUT2D eigenvalue weighted by Crippen LogP contribution is -1.90. The van der Waals surface area contributed by atoms with Crippen LogP contribution >= 0.6 is 23.4 Å². The highest BCUT2D eigenvalue weighted by atomic mass is 35.5. The van der Waals surface area contributed by atoms with Crippen LogP contribution in [0.25, 0.3) is 0 Å². The molecular formula is C8H15ClS. The average Bonchev–Trinajstić information content (AvgIpc) is 1.79. The van der Waals surface area contributed by atoms with Gasteiger partial charge in [-0.2, -0.15) is 11.8 Å². The van der Waals surface area contributed by atoms with Crippen molar-refractivity contribution in [2.45, 2.75) is 20.3 Å². The van der Waals surface area contributed by atoms with Crippen LogP contribution in [-0.2, 0) is 0 Å². The Balaban J connectivity index is 2.98. The molecule has 0 spiro atoms. The van der Waals surface area contributed by atoms with Crippen LogP contribution in [0.2, 0.25) is 0 Å². The Hall–Kier alpha value is 0.380. The van der Waals surface area contributed by atoms with Gasteiger partial charge >= 0.3 is 0 Å². The van der Waals surface area contributed by atoms with Crippen molar-refractivity contribution in [3.63, 3.8) is 0 Å². The zero-order chi connectivity index (χ0) is 7.98. The quantitative estimate of drug-likeness (QED) is 0.581. The second-order valence-electron chi connectivity index (χ2n) is 2.75. The maximum absolute atomic E-state index is 5.58. The molecule has 0 N–H and O–H groups in total. The Labute approximate surface area is 73.0 Å². The summed E-state index contributed by atoms with van der Waals surface area (Å²) in [5.74, 6) is 2.90. The molecule has 0 bridgehead atoms. The van der Waals surface area contributed by atoms with Crippen molar-refractivity contribution >= 4 is 23.4 Å². The first-order valence-corrected chi connectivity index (χ1v) is 5.07. The molecule has 0 radical (unpaired) electrons. The van der Waals surface area contributed by atoms with Crippen LogP contribution in [0.15, 0.2) is 11.6 Å². The third-order valence-electron chi connectivity index (χ3n) is 1.10. The van der Waals surface area contributed by atoms with Gasteiger partial charge in [-0.1, -0.05) is 32.0 Å². The molecule has 0 aromatic rings. The molecule has 0 saturated carbocycles. The van der Waals surface area contributed by atoms with Gasteiger partial charge in [0, 0.05) is 10.8 Å². The van der Waals surface area contributed by atoms with Crippen LogP contribution < -0.4 is 0 Å². The summed E-state index contributed by atoms with van der Waals surface area (Å²) in [6.07, 6.45) is 1.27. The molecule has 0 aliphatic rings. The van der Waals surface area contributed by atoms with Gasteiger partial charge in [0.1, 0.15) is 0 Å². The summed E-state index contributed by atoms with van der Waals surface area (Å²) < 4.78 is 0. The molecule has 0 aliphatic carbocycles. The van der Waals surface area contributed by atoms with E-state index in [2.05, 4.69) is 20.4 Å². The number of hydrogen-bond acceptors (Lipinski definition) is 1. The van der Waals surface area contributed by atoms with E-state index in [1.165, 1.54) is 12.2 Å². The molecule has 0 unspecified atom stereocenters. The normalized spacial score (nSPS) is 10.4. The monoisotopic (exact) mass is 178 g/mol. The lowest BCUT2D eigenvalue weighted by molar-refractivity contribution is 0.632. The van der Waals surface area contributed by atoms with E-state index >= 15 is 0 Å². The maximum atomic E-state index is 5.58. The minimum absolute atomic E-state index is 0.758. The highest BCUT2D eigenvalue weighted by molar-refractivity contribution is 7.99. The Morgan fingerprint density at radius 3 is 2.60 bits per heavy atom. The third kappa shape index (κ3) is 8.38. The van der Waals surface area contributed by atoms with Crippen LogP contribution in [0.3, 0.4) is 0 Å². The lowest BCUT2D eigenvalue weighted by atomic mass is 10.2. The molecule has 0 aromatic carbocycles. The topological polar surface area (TPSA) is 0 Å². The number of rotatable bonds is 5. The molecule has 0 heterocycles. The minimum atomic E-state index is 0.758. The average molecular weight is 179 g/mol. The first-order valence-electron chi connectivity index (χ1n) is 3.54. The van der Waals surface area contributed by atoms with E-state index < -0.39 is 0 Å². The van der Waals surface area contributed by atoms with Crippen molar-refractivity contribution in [3.8, 4) is 0 Å². The molecule has 0 amide bonds. The third-order valence-corrected chi connectivity index (χ3v) is 2.47. The molecule has 60 valence electrons. The maximum Gasteiger partial charge on any atom is 0.0286 e.